The first-order valence-corrected chi connectivity index (χ1v) is 12.7. The molecule has 0 aliphatic heterocycles. The van der Waals surface area contributed by atoms with E-state index in [1.165, 1.54) is 18.2 Å². The maximum Gasteiger partial charge on any atom is 0.514 e. The highest BCUT2D eigenvalue weighted by Crippen LogP contribution is 2.31. The van der Waals surface area contributed by atoms with Crippen molar-refractivity contribution in [3.8, 4) is 11.5 Å². The molecule has 0 spiro atoms. The molecule has 0 saturated heterocycles. The molecule has 2 N–H and O–H groups in total. The number of hydrogen-bond acceptors (Lipinski definition) is 12. The third-order valence-corrected chi connectivity index (χ3v) is 4.41. The Morgan fingerprint density at radius 2 is 1.41 bits per heavy atom. The molecule has 0 aromatic heterocycles. The minimum absolute atomic E-state index is 0.00940. The number of unbranched alkanes of at least 4 members (excludes halogenated alkanes) is 1. The smallest absolute Gasteiger partial charge is 0.461 e. The van der Waals surface area contributed by atoms with Gasteiger partial charge < -0.3 is 38.9 Å². The molecular formula is C27H41NO11. The molecule has 0 fully saturated rings. The fourth-order valence-corrected chi connectivity index (χ4v) is 2.74. The Kier molecular flexibility index (Phi) is 13.0. The molecular weight excluding hydrogens is 514 g/mol. The van der Waals surface area contributed by atoms with Crippen molar-refractivity contribution in [3.05, 3.63) is 23.8 Å². The van der Waals surface area contributed by atoms with Gasteiger partial charge in [0, 0.05) is 0 Å². The third kappa shape index (κ3) is 14.8. The summed E-state index contributed by atoms with van der Waals surface area (Å²) in [5.74, 6) is -0.989. The zero-order chi connectivity index (χ0) is 29.8. The summed E-state index contributed by atoms with van der Waals surface area (Å²) in [5.41, 5.74) is 4.82. The Balaban J connectivity index is 2.86. The lowest BCUT2D eigenvalue weighted by atomic mass is 10.1. The average Bonchev–Trinajstić information content (AvgIpc) is 2.76. The summed E-state index contributed by atoms with van der Waals surface area (Å²) in [6.45, 7) is 13.5. The first kappa shape index (κ1) is 33.5. The number of nitrogens with two attached hydrogens (primary N) is 1. The lowest BCUT2D eigenvalue weighted by Crippen LogP contribution is -2.36. The van der Waals surface area contributed by atoms with E-state index in [1.54, 1.807) is 48.5 Å². The molecule has 2 atom stereocenters. The molecule has 39 heavy (non-hydrogen) atoms. The molecule has 12 nitrogen and oxygen atoms in total. The van der Waals surface area contributed by atoms with Crippen molar-refractivity contribution in [2.45, 2.75) is 98.0 Å². The second kappa shape index (κ2) is 15.2. The van der Waals surface area contributed by atoms with Crippen molar-refractivity contribution >= 4 is 24.4 Å². The molecule has 1 aromatic rings. The topological polar surface area (TPSA) is 159 Å². The summed E-state index contributed by atoms with van der Waals surface area (Å²) >= 11 is 0. The van der Waals surface area contributed by atoms with Gasteiger partial charge in [0.15, 0.2) is 11.5 Å². The monoisotopic (exact) mass is 555 g/mol. The van der Waals surface area contributed by atoms with Gasteiger partial charge in [-0.2, -0.15) is 0 Å². The highest BCUT2D eigenvalue weighted by molar-refractivity contribution is 5.76. The number of hydrogen-bond donors (Lipinski definition) is 1. The van der Waals surface area contributed by atoms with E-state index >= 15 is 0 Å². The van der Waals surface area contributed by atoms with Crippen molar-refractivity contribution < 1.29 is 52.3 Å². The number of rotatable bonds is 11. The summed E-state index contributed by atoms with van der Waals surface area (Å²) in [5, 5.41) is 0. The van der Waals surface area contributed by atoms with Gasteiger partial charge in [-0.1, -0.05) is 19.4 Å². The molecule has 0 bridgehead atoms. The van der Waals surface area contributed by atoms with E-state index < -0.39 is 47.8 Å². The van der Waals surface area contributed by atoms with Crippen molar-refractivity contribution in [1.29, 1.82) is 0 Å². The minimum Gasteiger partial charge on any atom is -0.461 e. The summed E-state index contributed by atoms with van der Waals surface area (Å²) in [4.78, 5) is 48.5. The highest BCUT2D eigenvalue weighted by Gasteiger charge is 2.25. The van der Waals surface area contributed by atoms with Crippen LogP contribution in [0.15, 0.2) is 18.2 Å². The maximum atomic E-state index is 12.4. The van der Waals surface area contributed by atoms with Gasteiger partial charge in [-0.05, 0) is 79.0 Å². The number of esters is 1. The lowest BCUT2D eigenvalue weighted by molar-refractivity contribution is -0.148. The molecule has 1 aromatic carbocycles. The molecule has 0 aliphatic carbocycles. The molecule has 0 heterocycles. The Hall–Kier alpha value is -3.54. The van der Waals surface area contributed by atoms with Crippen LogP contribution in [0.5, 0.6) is 11.5 Å². The zero-order valence-corrected chi connectivity index (χ0v) is 24.0. The van der Waals surface area contributed by atoms with Crippen LogP contribution >= 0.6 is 0 Å². The van der Waals surface area contributed by atoms with E-state index in [-0.39, 0.29) is 31.1 Å². The number of carbonyl (C=O) groups is 4. The van der Waals surface area contributed by atoms with E-state index in [4.69, 9.17) is 38.9 Å². The first-order valence-electron chi connectivity index (χ1n) is 12.7. The minimum atomic E-state index is -1.10. The van der Waals surface area contributed by atoms with Crippen LogP contribution in [0.4, 0.5) is 14.4 Å². The summed E-state index contributed by atoms with van der Waals surface area (Å²) in [7, 11) is 0. The van der Waals surface area contributed by atoms with E-state index in [1.807, 2.05) is 6.92 Å². The number of ether oxygens (including phenoxy) is 7. The fraction of sp³-hybridized carbons (Fsp3) is 0.630. The largest absolute Gasteiger partial charge is 0.514 e. The van der Waals surface area contributed by atoms with Gasteiger partial charge in [0.05, 0.1) is 6.61 Å². The summed E-state index contributed by atoms with van der Waals surface area (Å²) < 4.78 is 35.9. The Morgan fingerprint density at radius 1 is 0.846 bits per heavy atom. The molecule has 0 radical (unpaired) electrons. The predicted molar refractivity (Wildman–Crippen MR) is 140 cm³/mol. The molecule has 1 rings (SSSR count). The van der Waals surface area contributed by atoms with E-state index in [0.717, 1.165) is 6.42 Å². The molecule has 12 heteroatoms. The standard InChI is InChI=1S/C27H41NO11/c1-9-10-13-33-23(30)35-17(2)16-34-22(29)19(28)14-18-11-12-20(36-24(31)38-26(3,4)5)21(15-18)37-25(32)39-27(6,7)8/h11-12,15,17,19H,9-10,13-14,16,28H2,1-8H3/t17-,19-/m0/s1. The van der Waals surface area contributed by atoms with Crippen LogP contribution in [0.25, 0.3) is 0 Å². The SMILES string of the molecule is CCCCOC(=O)O[C@@H](C)COC(=O)[C@@H](N)Cc1ccc(OC(=O)OC(C)(C)C)c(OC(=O)OC(C)(C)C)c1. The van der Waals surface area contributed by atoms with E-state index in [0.29, 0.717) is 12.0 Å². The van der Waals surface area contributed by atoms with Gasteiger partial charge in [0.1, 0.15) is 30.0 Å². The third-order valence-electron chi connectivity index (χ3n) is 4.41. The van der Waals surface area contributed by atoms with Crippen LogP contribution in [0.2, 0.25) is 0 Å². The first-order chi connectivity index (χ1) is 18.0. The molecule has 0 unspecified atom stereocenters. The number of carbonyl (C=O) groups excluding carboxylic acids is 4. The normalized spacial score (nSPS) is 12.9. The van der Waals surface area contributed by atoms with Crippen LogP contribution in [0, 0.1) is 0 Å². The van der Waals surface area contributed by atoms with Crippen LogP contribution in [-0.2, 0) is 34.9 Å². The fourth-order valence-electron chi connectivity index (χ4n) is 2.74. The maximum absolute atomic E-state index is 12.4. The van der Waals surface area contributed by atoms with Gasteiger partial charge >= 0.3 is 24.4 Å². The predicted octanol–water partition coefficient (Wildman–Crippen LogP) is 5.07. The van der Waals surface area contributed by atoms with Crippen molar-refractivity contribution in [3.63, 3.8) is 0 Å². The number of benzene rings is 1. The van der Waals surface area contributed by atoms with E-state index in [9.17, 15) is 19.2 Å². The Bertz CT molecular complexity index is 979. The van der Waals surface area contributed by atoms with Crippen LogP contribution in [-0.4, -0.2) is 61.0 Å². The Morgan fingerprint density at radius 3 is 1.95 bits per heavy atom. The van der Waals surface area contributed by atoms with E-state index in [2.05, 4.69) is 0 Å². The van der Waals surface area contributed by atoms with Crippen LogP contribution in [0.1, 0.15) is 73.8 Å². The van der Waals surface area contributed by atoms with Gasteiger partial charge in [0.25, 0.3) is 0 Å². The van der Waals surface area contributed by atoms with Gasteiger partial charge in [0.2, 0.25) is 0 Å². The lowest BCUT2D eigenvalue weighted by Gasteiger charge is -2.21. The van der Waals surface area contributed by atoms with Crippen molar-refractivity contribution in [1.82, 2.24) is 0 Å². The van der Waals surface area contributed by atoms with Crippen molar-refractivity contribution in [2.75, 3.05) is 13.2 Å². The second-order valence-electron chi connectivity index (χ2n) is 10.7. The highest BCUT2D eigenvalue weighted by atomic mass is 16.8. The molecule has 0 amide bonds. The summed E-state index contributed by atoms with van der Waals surface area (Å²) in [6.07, 6.45) is -2.05. The zero-order valence-electron chi connectivity index (χ0n) is 24.0. The van der Waals surface area contributed by atoms with Crippen LogP contribution in [0.3, 0.4) is 0 Å². The summed E-state index contributed by atoms with van der Waals surface area (Å²) in [6, 6.07) is 3.19. The second-order valence-corrected chi connectivity index (χ2v) is 10.7. The van der Waals surface area contributed by atoms with Crippen molar-refractivity contribution in [2.24, 2.45) is 5.73 Å². The molecule has 0 saturated carbocycles. The Labute approximate surface area is 229 Å². The average molecular weight is 556 g/mol. The van der Waals surface area contributed by atoms with Gasteiger partial charge in [-0.25, -0.2) is 14.4 Å². The quantitative estimate of drug-likeness (QED) is 0.167. The molecule has 220 valence electrons. The van der Waals surface area contributed by atoms with Gasteiger partial charge in [-0.3, -0.25) is 4.79 Å². The van der Waals surface area contributed by atoms with Gasteiger partial charge in [-0.15, -0.1) is 0 Å². The molecule has 0 aliphatic rings. The van der Waals surface area contributed by atoms with Crippen LogP contribution < -0.4 is 15.2 Å².